The van der Waals surface area contributed by atoms with Crippen LogP contribution in [0.1, 0.15) is 17.9 Å². The van der Waals surface area contributed by atoms with E-state index in [9.17, 15) is 13.6 Å². The first-order chi connectivity index (χ1) is 7.94. The van der Waals surface area contributed by atoms with E-state index in [1.807, 2.05) is 22.6 Å². The molecule has 17 heavy (non-hydrogen) atoms. The predicted octanol–water partition coefficient (Wildman–Crippen LogP) is 3.84. The molecule has 1 unspecified atom stereocenters. The zero-order valence-electron chi connectivity index (χ0n) is 8.64. The number of amides is 1. The lowest BCUT2D eigenvalue weighted by Gasteiger charge is -2.07. The molecule has 0 aromatic heterocycles. The van der Waals surface area contributed by atoms with Gasteiger partial charge in [0.05, 0.1) is 21.1 Å². The molecule has 1 aromatic rings. The SMILES string of the molecule is O=C(CI)Nc1ccc(C2CC2(F)F)cc1Cl. The Kier molecular flexibility index (Phi) is 3.58. The van der Waals surface area contributed by atoms with Gasteiger partial charge in [-0.3, -0.25) is 4.79 Å². The molecule has 0 heterocycles. The number of hydrogen-bond donors (Lipinski definition) is 1. The fourth-order valence-electron chi connectivity index (χ4n) is 1.61. The van der Waals surface area contributed by atoms with Gasteiger partial charge in [0.2, 0.25) is 5.91 Å². The van der Waals surface area contributed by atoms with Crippen molar-refractivity contribution in [2.24, 2.45) is 0 Å². The van der Waals surface area contributed by atoms with E-state index in [1.54, 1.807) is 12.1 Å². The van der Waals surface area contributed by atoms with Crippen molar-refractivity contribution in [3.05, 3.63) is 28.8 Å². The van der Waals surface area contributed by atoms with Gasteiger partial charge in [-0.05, 0) is 17.7 Å². The smallest absolute Gasteiger partial charge is 0.255 e. The molecule has 1 N–H and O–H groups in total. The van der Waals surface area contributed by atoms with Gasteiger partial charge in [0.1, 0.15) is 0 Å². The van der Waals surface area contributed by atoms with Gasteiger partial charge in [-0.1, -0.05) is 40.3 Å². The Morgan fingerprint density at radius 1 is 1.59 bits per heavy atom. The Morgan fingerprint density at radius 3 is 2.71 bits per heavy atom. The van der Waals surface area contributed by atoms with Gasteiger partial charge in [-0.2, -0.15) is 0 Å². The average Bonchev–Trinajstić information content (AvgIpc) is 2.90. The van der Waals surface area contributed by atoms with Gasteiger partial charge >= 0.3 is 0 Å². The van der Waals surface area contributed by atoms with E-state index in [1.165, 1.54) is 6.07 Å². The summed E-state index contributed by atoms with van der Waals surface area (Å²) in [6.45, 7) is 0. The maximum atomic E-state index is 12.9. The lowest BCUT2D eigenvalue weighted by Crippen LogP contribution is -2.12. The third-order valence-corrected chi connectivity index (χ3v) is 3.62. The summed E-state index contributed by atoms with van der Waals surface area (Å²) < 4.78 is 26.0. The largest absolute Gasteiger partial charge is 0.324 e. The van der Waals surface area contributed by atoms with E-state index in [2.05, 4.69) is 5.32 Å². The molecule has 0 radical (unpaired) electrons. The quantitative estimate of drug-likeness (QED) is 0.635. The van der Waals surface area contributed by atoms with E-state index < -0.39 is 11.8 Å². The predicted molar refractivity (Wildman–Crippen MR) is 71.3 cm³/mol. The van der Waals surface area contributed by atoms with Gasteiger partial charge in [0, 0.05) is 6.42 Å². The minimum atomic E-state index is -2.60. The molecule has 1 aliphatic carbocycles. The van der Waals surface area contributed by atoms with Crippen LogP contribution in [-0.2, 0) is 4.79 Å². The second-order valence-corrected chi connectivity index (χ2v) is 5.11. The van der Waals surface area contributed by atoms with Crippen LogP contribution in [0.25, 0.3) is 0 Å². The van der Waals surface area contributed by atoms with E-state index in [4.69, 9.17) is 11.6 Å². The fourth-order valence-corrected chi connectivity index (χ4v) is 2.03. The van der Waals surface area contributed by atoms with Crippen LogP contribution in [-0.4, -0.2) is 16.3 Å². The first-order valence-electron chi connectivity index (χ1n) is 4.97. The van der Waals surface area contributed by atoms with Crippen LogP contribution in [0.15, 0.2) is 18.2 Å². The van der Waals surface area contributed by atoms with E-state index in [0.29, 0.717) is 20.7 Å². The highest BCUT2D eigenvalue weighted by molar-refractivity contribution is 14.1. The summed E-state index contributed by atoms with van der Waals surface area (Å²) in [7, 11) is 0. The topological polar surface area (TPSA) is 29.1 Å². The molecule has 1 saturated carbocycles. The first-order valence-corrected chi connectivity index (χ1v) is 6.87. The normalized spacial score (nSPS) is 21.1. The van der Waals surface area contributed by atoms with Crippen LogP contribution in [0, 0.1) is 0 Å². The second kappa shape index (κ2) is 4.68. The molecular weight excluding hydrogens is 362 g/mol. The molecule has 1 fully saturated rings. The molecular formula is C11H9ClF2INO. The van der Waals surface area contributed by atoms with Crippen molar-refractivity contribution in [3.8, 4) is 0 Å². The third kappa shape index (κ3) is 2.88. The highest BCUT2D eigenvalue weighted by atomic mass is 127. The Morgan fingerprint density at radius 2 is 2.24 bits per heavy atom. The maximum absolute atomic E-state index is 12.9. The molecule has 1 aliphatic rings. The van der Waals surface area contributed by atoms with Gasteiger partial charge in [-0.15, -0.1) is 0 Å². The zero-order valence-corrected chi connectivity index (χ0v) is 11.6. The third-order valence-electron chi connectivity index (χ3n) is 2.62. The standard InChI is InChI=1S/C11H9ClF2INO/c12-8-3-6(7-4-11(7,13)14)1-2-9(8)16-10(17)5-15/h1-3,7H,4-5H2,(H,16,17). The molecule has 0 spiro atoms. The highest BCUT2D eigenvalue weighted by Gasteiger charge is 2.57. The van der Waals surface area contributed by atoms with Crippen LogP contribution in [0.4, 0.5) is 14.5 Å². The zero-order chi connectivity index (χ0) is 12.6. The van der Waals surface area contributed by atoms with Crippen molar-refractivity contribution in [1.29, 1.82) is 0 Å². The number of alkyl halides is 3. The fraction of sp³-hybridized carbons (Fsp3) is 0.364. The minimum absolute atomic E-state index is 0.122. The van der Waals surface area contributed by atoms with Crippen molar-refractivity contribution in [3.63, 3.8) is 0 Å². The van der Waals surface area contributed by atoms with Gasteiger partial charge in [0.15, 0.2) is 0 Å². The summed E-state index contributed by atoms with van der Waals surface area (Å²) in [5.41, 5.74) is 0.980. The molecule has 6 heteroatoms. The molecule has 92 valence electrons. The van der Waals surface area contributed by atoms with Crippen molar-refractivity contribution in [2.45, 2.75) is 18.3 Å². The summed E-state index contributed by atoms with van der Waals surface area (Å²) >= 11 is 7.86. The summed E-state index contributed by atoms with van der Waals surface area (Å²) in [6.07, 6.45) is -0.122. The lowest BCUT2D eigenvalue weighted by atomic mass is 10.1. The van der Waals surface area contributed by atoms with Crippen LogP contribution in [0.2, 0.25) is 5.02 Å². The molecule has 0 saturated heterocycles. The van der Waals surface area contributed by atoms with E-state index >= 15 is 0 Å². The number of carbonyl (C=O) groups excluding carboxylic acids is 1. The molecule has 2 nitrogen and oxygen atoms in total. The van der Waals surface area contributed by atoms with Gasteiger partial charge in [0.25, 0.3) is 5.92 Å². The summed E-state index contributed by atoms with van der Waals surface area (Å²) in [6, 6.07) is 4.65. The Bertz CT molecular complexity index is 467. The van der Waals surface area contributed by atoms with Crippen molar-refractivity contribution < 1.29 is 13.6 Å². The van der Waals surface area contributed by atoms with Gasteiger partial charge < -0.3 is 5.32 Å². The number of benzene rings is 1. The number of rotatable bonds is 3. The van der Waals surface area contributed by atoms with Crippen LogP contribution < -0.4 is 5.32 Å². The van der Waals surface area contributed by atoms with Gasteiger partial charge in [-0.25, -0.2) is 8.78 Å². The van der Waals surface area contributed by atoms with E-state index in [0.717, 1.165) is 0 Å². The average molecular weight is 372 g/mol. The molecule has 1 amide bonds. The molecule has 0 bridgehead atoms. The summed E-state index contributed by atoms with van der Waals surface area (Å²) in [5, 5.41) is 2.90. The number of nitrogens with one attached hydrogen (secondary N) is 1. The second-order valence-electron chi connectivity index (χ2n) is 3.94. The Balaban J connectivity index is 2.15. The van der Waals surface area contributed by atoms with Crippen molar-refractivity contribution in [1.82, 2.24) is 0 Å². The Hall–Kier alpha value is -0.430. The minimum Gasteiger partial charge on any atom is -0.324 e. The number of hydrogen-bond acceptors (Lipinski definition) is 1. The first kappa shape index (κ1) is 13.0. The maximum Gasteiger partial charge on any atom is 0.255 e. The number of halogens is 4. The molecule has 0 aliphatic heterocycles. The van der Waals surface area contributed by atoms with Crippen LogP contribution >= 0.6 is 34.2 Å². The number of carbonyl (C=O) groups is 1. The number of anilines is 1. The Labute approximate surface area is 116 Å². The molecule has 1 atom stereocenters. The van der Waals surface area contributed by atoms with Crippen molar-refractivity contribution >= 4 is 45.8 Å². The van der Waals surface area contributed by atoms with Crippen molar-refractivity contribution in [2.75, 3.05) is 9.74 Å². The lowest BCUT2D eigenvalue weighted by molar-refractivity contribution is -0.113. The summed E-state index contributed by atoms with van der Waals surface area (Å²) in [5.74, 6) is -3.50. The monoisotopic (exact) mass is 371 g/mol. The molecule has 1 aromatic carbocycles. The molecule has 2 rings (SSSR count). The van der Waals surface area contributed by atoms with Crippen LogP contribution in [0.5, 0.6) is 0 Å². The van der Waals surface area contributed by atoms with E-state index in [-0.39, 0.29) is 12.3 Å². The van der Waals surface area contributed by atoms with Crippen LogP contribution in [0.3, 0.4) is 0 Å². The highest BCUT2D eigenvalue weighted by Crippen LogP contribution is 2.56. The summed E-state index contributed by atoms with van der Waals surface area (Å²) in [4.78, 5) is 11.2.